The Bertz CT molecular complexity index is 1440. The Kier molecular flexibility index (Phi) is 8.93. The maximum atomic E-state index is 13.4. The topological polar surface area (TPSA) is 60.9 Å². The van der Waals surface area contributed by atoms with Crippen LogP contribution in [0.2, 0.25) is 5.02 Å². The van der Waals surface area contributed by atoms with Crippen molar-refractivity contribution in [2.75, 3.05) is 25.5 Å². The van der Waals surface area contributed by atoms with Crippen LogP contribution in [0.25, 0.3) is 11.1 Å². The van der Waals surface area contributed by atoms with Crippen molar-refractivity contribution in [3.8, 4) is 11.1 Å². The molecule has 3 aromatic rings. The second-order valence-electron chi connectivity index (χ2n) is 12.4. The minimum absolute atomic E-state index is 0.0354. The van der Waals surface area contributed by atoms with Gasteiger partial charge in [-0.3, -0.25) is 19.3 Å². The molecule has 0 spiro atoms. The predicted octanol–water partition coefficient (Wildman–Crippen LogP) is 7.39. The fourth-order valence-corrected chi connectivity index (χ4v) is 6.13. The molecule has 0 radical (unpaired) electrons. The third kappa shape index (κ3) is 6.18. The minimum Gasteiger partial charge on any atom is -0.345 e. The zero-order chi connectivity index (χ0) is 30.1. The number of carbonyl (C=O) groups is 3. The van der Waals surface area contributed by atoms with Crippen molar-refractivity contribution in [2.24, 2.45) is 11.3 Å². The molecular weight excluding hydrogens is 534 g/mol. The zero-order valence-electron chi connectivity index (χ0n) is 25.0. The first-order valence-electron chi connectivity index (χ1n) is 14.1. The SMILES string of the molecule is CC(C)C1C(c2ccccc2N(C=O)c2cccc(-c3ccc(C(=O)N(C)C)c(Cl)c3)c2)CCN1C(=O)C(C)(C)C. The third-order valence-corrected chi connectivity index (χ3v) is 8.12. The molecule has 1 aliphatic rings. The van der Waals surface area contributed by atoms with Crippen LogP contribution in [-0.4, -0.2) is 54.7 Å². The molecule has 7 heteroatoms. The number of anilines is 2. The number of rotatable bonds is 7. The van der Waals surface area contributed by atoms with Gasteiger partial charge in [0.15, 0.2) is 0 Å². The molecule has 0 bridgehead atoms. The highest BCUT2D eigenvalue weighted by Gasteiger charge is 2.43. The predicted molar refractivity (Wildman–Crippen MR) is 167 cm³/mol. The fraction of sp³-hybridized carbons (Fsp3) is 0.382. The van der Waals surface area contributed by atoms with E-state index in [4.69, 9.17) is 11.6 Å². The number of benzene rings is 3. The van der Waals surface area contributed by atoms with Crippen molar-refractivity contribution < 1.29 is 14.4 Å². The van der Waals surface area contributed by atoms with Crippen molar-refractivity contribution in [3.05, 3.63) is 82.9 Å². The lowest BCUT2D eigenvalue weighted by molar-refractivity contribution is -0.141. The summed E-state index contributed by atoms with van der Waals surface area (Å²) in [6.07, 6.45) is 1.69. The van der Waals surface area contributed by atoms with E-state index in [9.17, 15) is 14.4 Å². The van der Waals surface area contributed by atoms with E-state index in [1.807, 2.05) is 74.2 Å². The van der Waals surface area contributed by atoms with Crippen LogP contribution in [0.15, 0.2) is 66.7 Å². The standard InChI is InChI=1S/C34H40ClN3O3/c1-22(2)31-27(17-18-37(31)33(41)34(3,4)5)26-13-8-9-14-30(26)38(21-39)25-12-10-11-23(19-25)24-15-16-28(29(35)20-24)32(40)36(6)7/h8-16,19-22,27,31H,17-18H2,1-7H3. The molecule has 4 rings (SSSR count). The van der Waals surface area contributed by atoms with Crippen LogP contribution in [0.4, 0.5) is 11.4 Å². The number of para-hydroxylation sites is 1. The Balaban J connectivity index is 1.71. The number of nitrogens with zero attached hydrogens (tertiary/aromatic N) is 3. The number of hydrogen-bond donors (Lipinski definition) is 0. The normalized spacial score (nSPS) is 17.0. The van der Waals surface area contributed by atoms with E-state index < -0.39 is 5.41 Å². The van der Waals surface area contributed by atoms with Crippen molar-refractivity contribution in [3.63, 3.8) is 0 Å². The van der Waals surface area contributed by atoms with Crippen molar-refractivity contribution in [2.45, 2.75) is 53.0 Å². The fourth-order valence-electron chi connectivity index (χ4n) is 5.87. The monoisotopic (exact) mass is 573 g/mol. The molecule has 1 heterocycles. The Morgan fingerprint density at radius 2 is 1.66 bits per heavy atom. The molecule has 0 saturated carbocycles. The van der Waals surface area contributed by atoms with Gasteiger partial charge in [-0.05, 0) is 59.4 Å². The maximum Gasteiger partial charge on any atom is 0.254 e. The molecule has 3 aromatic carbocycles. The van der Waals surface area contributed by atoms with E-state index in [2.05, 4.69) is 19.9 Å². The lowest BCUT2D eigenvalue weighted by Crippen LogP contribution is -2.45. The highest BCUT2D eigenvalue weighted by atomic mass is 35.5. The maximum absolute atomic E-state index is 13.4. The molecule has 2 atom stereocenters. The van der Waals surface area contributed by atoms with E-state index in [1.54, 1.807) is 31.1 Å². The number of hydrogen-bond acceptors (Lipinski definition) is 3. The third-order valence-electron chi connectivity index (χ3n) is 7.80. The highest BCUT2D eigenvalue weighted by molar-refractivity contribution is 6.34. The summed E-state index contributed by atoms with van der Waals surface area (Å²) in [7, 11) is 3.38. The summed E-state index contributed by atoms with van der Waals surface area (Å²) >= 11 is 6.50. The minimum atomic E-state index is -0.461. The number of halogens is 1. The van der Waals surface area contributed by atoms with E-state index in [-0.39, 0.29) is 29.7 Å². The molecule has 0 aromatic heterocycles. The molecule has 1 aliphatic heterocycles. The van der Waals surface area contributed by atoms with Gasteiger partial charge in [-0.2, -0.15) is 0 Å². The van der Waals surface area contributed by atoms with Gasteiger partial charge in [0.2, 0.25) is 12.3 Å². The largest absolute Gasteiger partial charge is 0.345 e. The van der Waals surface area contributed by atoms with E-state index in [0.29, 0.717) is 17.1 Å². The Hall–Kier alpha value is -3.64. The van der Waals surface area contributed by atoms with Gasteiger partial charge in [-0.25, -0.2) is 0 Å². The van der Waals surface area contributed by atoms with Crippen LogP contribution < -0.4 is 4.90 Å². The molecule has 1 fully saturated rings. The zero-order valence-corrected chi connectivity index (χ0v) is 25.8. The van der Waals surface area contributed by atoms with Crippen LogP contribution in [0, 0.1) is 11.3 Å². The second-order valence-corrected chi connectivity index (χ2v) is 12.8. The summed E-state index contributed by atoms with van der Waals surface area (Å²) in [4.78, 5) is 43.7. The first-order valence-corrected chi connectivity index (χ1v) is 14.5. The lowest BCUT2D eigenvalue weighted by atomic mass is 9.83. The van der Waals surface area contributed by atoms with Crippen molar-refractivity contribution in [1.29, 1.82) is 0 Å². The van der Waals surface area contributed by atoms with Gasteiger partial charge in [0.25, 0.3) is 5.91 Å². The van der Waals surface area contributed by atoms with Crippen LogP contribution in [-0.2, 0) is 9.59 Å². The summed E-state index contributed by atoms with van der Waals surface area (Å²) in [6.45, 7) is 10.9. The van der Waals surface area contributed by atoms with Gasteiger partial charge in [-0.15, -0.1) is 0 Å². The van der Waals surface area contributed by atoms with Crippen molar-refractivity contribution >= 4 is 41.2 Å². The molecule has 3 amide bonds. The number of likely N-dealkylation sites (tertiary alicyclic amines) is 1. The van der Waals surface area contributed by atoms with Gasteiger partial charge in [0, 0.05) is 43.7 Å². The van der Waals surface area contributed by atoms with E-state index in [0.717, 1.165) is 40.9 Å². The lowest BCUT2D eigenvalue weighted by Gasteiger charge is -2.36. The molecule has 41 heavy (non-hydrogen) atoms. The average Bonchev–Trinajstić information content (AvgIpc) is 3.38. The van der Waals surface area contributed by atoms with Crippen LogP contribution in [0.3, 0.4) is 0 Å². The number of carbonyl (C=O) groups excluding carboxylic acids is 3. The van der Waals surface area contributed by atoms with Crippen LogP contribution in [0.5, 0.6) is 0 Å². The number of amides is 3. The second kappa shape index (κ2) is 12.1. The summed E-state index contributed by atoms with van der Waals surface area (Å²) in [6, 6.07) is 21.1. The highest BCUT2D eigenvalue weighted by Crippen LogP contribution is 2.44. The van der Waals surface area contributed by atoms with Crippen LogP contribution >= 0.6 is 11.6 Å². The van der Waals surface area contributed by atoms with Crippen molar-refractivity contribution in [1.82, 2.24) is 9.80 Å². The van der Waals surface area contributed by atoms with Gasteiger partial charge in [-0.1, -0.05) is 82.6 Å². The van der Waals surface area contributed by atoms with Gasteiger partial charge in [0.1, 0.15) is 0 Å². The van der Waals surface area contributed by atoms with Gasteiger partial charge in [0.05, 0.1) is 16.3 Å². The Morgan fingerprint density at radius 3 is 2.27 bits per heavy atom. The molecule has 6 nitrogen and oxygen atoms in total. The van der Waals surface area contributed by atoms with Gasteiger partial charge >= 0.3 is 0 Å². The molecule has 0 aliphatic carbocycles. The Labute approximate surface area is 248 Å². The molecule has 1 saturated heterocycles. The summed E-state index contributed by atoms with van der Waals surface area (Å²) in [5.41, 5.74) is 4.29. The molecule has 216 valence electrons. The molecular formula is C34H40ClN3O3. The molecule has 2 unspecified atom stereocenters. The average molecular weight is 574 g/mol. The van der Waals surface area contributed by atoms with Gasteiger partial charge < -0.3 is 9.80 Å². The first kappa shape index (κ1) is 30.3. The van der Waals surface area contributed by atoms with E-state index >= 15 is 0 Å². The molecule has 0 N–H and O–H groups in total. The summed E-state index contributed by atoms with van der Waals surface area (Å²) in [5, 5.41) is 0.375. The smallest absolute Gasteiger partial charge is 0.254 e. The quantitative estimate of drug-likeness (QED) is 0.277. The Morgan fingerprint density at radius 1 is 0.976 bits per heavy atom. The van der Waals surface area contributed by atoms with E-state index in [1.165, 1.54) is 4.90 Å². The van der Waals surface area contributed by atoms with Crippen LogP contribution in [0.1, 0.15) is 62.9 Å². The summed E-state index contributed by atoms with van der Waals surface area (Å²) in [5.74, 6) is 0.354. The summed E-state index contributed by atoms with van der Waals surface area (Å²) < 4.78 is 0. The first-order chi connectivity index (χ1) is 19.3.